The predicted octanol–water partition coefficient (Wildman–Crippen LogP) is 2.48. The molecule has 0 saturated heterocycles. The molecule has 0 spiro atoms. The van der Waals surface area contributed by atoms with Crippen molar-refractivity contribution in [3.05, 3.63) is 30.9 Å². The number of hydrogen-bond donors (Lipinski definition) is 0. The van der Waals surface area contributed by atoms with Crippen molar-refractivity contribution in [3.63, 3.8) is 0 Å². The lowest BCUT2D eigenvalue weighted by atomic mass is 10.3. The van der Waals surface area contributed by atoms with Gasteiger partial charge in [0, 0.05) is 0 Å². The SMILES string of the molecule is COc1cccc(Oc2cocn2)c1OC. The molecule has 84 valence electrons. The van der Waals surface area contributed by atoms with Gasteiger partial charge in [0.05, 0.1) is 14.2 Å². The summed E-state index contributed by atoms with van der Waals surface area (Å²) in [6.45, 7) is 0. The Morgan fingerprint density at radius 1 is 1.12 bits per heavy atom. The molecule has 0 aliphatic heterocycles. The van der Waals surface area contributed by atoms with Crippen molar-refractivity contribution >= 4 is 0 Å². The van der Waals surface area contributed by atoms with E-state index in [0.717, 1.165) is 0 Å². The molecule has 5 heteroatoms. The smallest absolute Gasteiger partial charge is 0.258 e. The van der Waals surface area contributed by atoms with Crippen LogP contribution in [0.5, 0.6) is 23.1 Å². The minimum Gasteiger partial charge on any atom is -0.493 e. The first-order valence-electron chi connectivity index (χ1n) is 4.62. The first-order valence-corrected chi connectivity index (χ1v) is 4.62. The molecule has 1 aromatic carbocycles. The number of rotatable bonds is 4. The molecule has 2 aromatic rings. The molecule has 0 radical (unpaired) electrons. The van der Waals surface area contributed by atoms with Gasteiger partial charge in [0.25, 0.3) is 5.88 Å². The Balaban J connectivity index is 2.33. The van der Waals surface area contributed by atoms with Crippen LogP contribution >= 0.6 is 0 Å². The predicted molar refractivity (Wildman–Crippen MR) is 56.1 cm³/mol. The van der Waals surface area contributed by atoms with Gasteiger partial charge in [0.2, 0.25) is 5.75 Å². The van der Waals surface area contributed by atoms with Crippen LogP contribution in [0.4, 0.5) is 0 Å². The number of benzene rings is 1. The van der Waals surface area contributed by atoms with Crippen LogP contribution in [0.1, 0.15) is 0 Å². The van der Waals surface area contributed by atoms with Crippen molar-refractivity contribution in [1.82, 2.24) is 4.98 Å². The number of oxazole rings is 1. The first kappa shape index (κ1) is 10.4. The van der Waals surface area contributed by atoms with Crippen LogP contribution in [0.3, 0.4) is 0 Å². The third-order valence-corrected chi connectivity index (χ3v) is 1.99. The fourth-order valence-corrected chi connectivity index (χ4v) is 1.30. The normalized spacial score (nSPS) is 9.88. The molecule has 0 N–H and O–H groups in total. The summed E-state index contributed by atoms with van der Waals surface area (Å²) in [4.78, 5) is 3.86. The molecule has 16 heavy (non-hydrogen) atoms. The lowest BCUT2D eigenvalue weighted by molar-refractivity contribution is 0.334. The second-order valence-electron chi connectivity index (χ2n) is 2.92. The van der Waals surface area contributed by atoms with Crippen LogP contribution in [0.25, 0.3) is 0 Å². The lowest BCUT2D eigenvalue weighted by Crippen LogP contribution is -1.94. The minimum atomic E-state index is 0.367. The maximum Gasteiger partial charge on any atom is 0.258 e. The molecule has 1 aromatic heterocycles. The highest BCUT2D eigenvalue weighted by atomic mass is 16.5. The molecule has 0 unspecified atom stereocenters. The van der Waals surface area contributed by atoms with E-state index in [2.05, 4.69) is 4.98 Å². The Hall–Kier alpha value is -2.17. The monoisotopic (exact) mass is 221 g/mol. The summed E-state index contributed by atoms with van der Waals surface area (Å²) in [6, 6.07) is 5.35. The highest BCUT2D eigenvalue weighted by molar-refractivity contribution is 5.51. The Labute approximate surface area is 92.6 Å². The van der Waals surface area contributed by atoms with E-state index in [1.165, 1.54) is 12.7 Å². The summed E-state index contributed by atoms with van der Waals surface area (Å²) in [5.74, 6) is 2.01. The van der Waals surface area contributed by atoms with Gasteiger partial charge in [-0.1, -0.05) is 6.07 Å². The van der Waals surface area contributed by atoms with E-state index in [1.807, 2.05) is 0 Å². The maximum atomic E-state index is 5.47. The highest BCUT2D eigenvalue weighted by Crippen LogP contribution is 2.38. The molecular weight excluding hydrogens is 210 g/mol. The number of methoxy groups -OCH3 is 2. The summed E-state index contributed by atoms with van der Waals surface area (Å²) in [7, 11) is 3.12. The largest absolute Gasteiger partial charge is 0.493 e. The summed E-state index contributed by atoms with van der Waals surface area (Å²) in [5.41, 5.74) is 0. The number of ether oxygens (including phenoxy) is 3. The number of hydrogen-bond acceptors (Lipinski definition) is 5. The van der Waals surface area contributed by atoms with E-state index < -0.39 is 0 Å². The van der Waals surface area contributed by atoms with E-state index in [0.29, 0.717) is 23.1 Å². The van der Waals surface area contributed by atoms with E-state index in [1.54, 1.807) is 32.4 Å². The molecule has 0 aliphatic carbocycles. The van der Waals surface area contributed by atoms with Crippen LogP contribution in [-0.4, -0.2) is 19.2 Å². The van der Waals surface area contributed by atoms with Gasteiger partial charge in [0.1, 0.15) is 0 Å². The lowest BCUT2D eigenvalue weighted by Gasteiger charge is -2.11. The molecule has 0 amide bonds. The minimum absolute atomic E-state index is 0.367. The summed E-state index contributed by atoms with van der Waals surface area (Å²) in [6.07, 6.45) is 2.70. The Kier molecular flexibility index (Phi) is 2.95. The van der Waals surface area contributed by atoms with Crippen molar-refractivity contribution in [2.24, 2.45) is 0 Å². The van der Waals surface area contributed by atoms with E-state index in [-0.39, 0.29) is 0 Å². The third kappa shape index (κ3) is 1.93. The van der Waals surface area contributed by atoms with Gasteiger partial charge in [-0.2, -0.15) is 4.98 Å². The van der Waals surface area contributed by atoms with Crippen molar-refractivity contribution in [1.29, 1.82) is 0 Å². The van der Waals surface area contributed by atoms with Crippen LogP contribution in [0, 0.1) is 0 Å². The highest BCUT2D eigenvalue weighted by Gasteiger charge is 2.12. The Morgan fingerprint density at radius 3 is 2.56 bits per heavy atom. The second-order valence-corrected chi connectivity index (χ2v) is 2.92. The summed E-state index contributed by atoms with van der Waals surface area (Å²) >= 11 is 0. The molecule has 5 nitrogen and oxygen atoms in total. The molecule has 2 rings (SSSR count). The maximum absolute atomic E-state index is 5.47. The molecule has 1 heterocycles. The van der Waals surface area contributed by atoms with Crippen molar-refractivity contribution in [2.75, 3.05) is 14.2 Å². The van der Waals surface area contributed by atoms with Gasteiger partial charge in [-0.05, 0) is 12.1 Å². The summed E-state index contributed by atoms with van der Waals surface area (Å²) < 4.78 is 20.6. The number of aromatic nitrogens is 1. The van der Waals surface area contributed by atoms with Crippen LogP contribution < -0.4 is 14.2 Å². The van der Waals surface area contributed by atoms with Crippen LogP contribution in [-0.2, 0) is 0 Å². The van der Waals surface area contributed by atoms with Crippen molar-refractivity contribution < 1.29 is 18.6 Å². The zero-order valence-corrected chi connectivity index (χ0v) is 8.97. The van der Waals surface area contributed by atoms with Crippen LogP contribution in [0.2, 0.25) is 0 Å². The number of nitrogens with zero attached hydrogens (tertiary/aromatic N) is 1. The van der Waals surface area contributed by atoms with Gasteiger partial charge >= 0.3 is 0 Å². The van der Waals surface area contributed by atoms with Gasteiger partial charge < -0.3 is 18.6 Å². The topological polar surface area (TPSA) is 53.7 Å². The van der Waals surface area contributed by atoms with Crippen LogP contribution in [0.15, 0.2) is 35.3 Å². The zero-order valence-electron chi connectivity index (χ0n) is 8.97. The first-order chi connectivity index (χ1) is 7.85. The standard InChI is InChI=1S/C11H11NO4/c1-13-8-4-3-5-9(11(8)14-2)16-10-6-15-7-12-10/h3-7H,1-2H3. The Morgan fingerprint density at radius 2 is 1.94 bits per heavy atom. The molecule has 0 saturated carbocycles. The van der Waals surface area contributed by atoms with Gasteiger partial charge in [-0.3, -0.25) is 0 Å². The summed E-state index contributed by atoms with van der Waals surface area (Å²) in [5, 5.41) is 0. The second kappa shape index (κ2) is 4.57. The van der Waals surface area contributed by atoms with Gasteiger partial charge in [0.15, 0.2) is 24.2 Å². The van der Waals surface area contributed by atoms with Crippen molar-refractivity contribution in [3.8, 4) is 23.1 Å². The van der Waals surface area contributed by atoms with Gasteiger partial charge in [-0.15, -0.1) is 0 Å². The zero-order chi connectivity index (χ0) is 11.4. The fraction of sp³-hybridized carbons (Fsp3) is 0.182. The fourth-order valence-electron chi connectivity index (χ4n) is 1.30. The molecular formula is C11H11NO4. The quantitative estimate of drug-likeness (QED) is 0.793. The molecule has 0 fully saturated rings. The average Bonchev–Trinajstić information content (AvgIpc) is 2.81. The molecule has 0 bridgehead atoms. The molecule has 0 aliphatic rings. The van der Waals surface area contributed by atoms with E-state index in [9.17, 15) is 0 Å². The number of para-hydroxylation sites is 1. The van der Waals surface area contributed by atoms with E-state index in [4.69, 9.17) is 18.6 Å². The Bertz CT molecular complexity index is 453. The third-order valence-electron chi connectivity index (χ3n) is 1.99. The van der Waals surface area contributed by atoms with Crippen molar-refractivity contribution in [2.45, 2.75) is 0 Å². The van der Waals surface area contributed by atoms with E-state index >= 15 is 0 Å². The molecule has 0 atom stereocenters. The van der Waals surface area contributed by atoms with Gasteiger partial charge in [-0.25, -0.2) is 0 Å². The average molecular weight is 221 g/mol.